The van der Waals surface area contributed by atoms with Crippen LogP contribution in [0, 0.1) is 44.9 Å². The number of nitriles is 4. The first-order valence-electron chi connectivity index (χ1n) is 26.8. The zero-order valence-corrected chi connectivity index (χ0v) is 52.0. The lowest BCUT2D eigenvalue weighted by Gasteiger charge is -2.12. The molecule has 0 aromatic carbocycles. The van der Waals surface area contributed by atoms with Crippen LogP contribution in [0.4, 0.5) is 0 Å². The van der Waals surface area contributed by atoms with Crippen LogP contribution in [0.1, 0.15) is 55.4 Å². The fraction of sp³-hybridized carbons (Fsp3) is 0.462. The van der Waals surface area contributed by atoms with Crippen molar-refractivity contribution in [3.63, 3.8) is 0 Å². The van der Waals surface area contributed by atoms with Crippen molar-refractivity contribution in [2.45, 2.75) is 108 Å². The van der Waals surface area contributed by atoms with Gasteiger partial charge in [-0.2, -0.15) is 37.5 Å². The Labute approximate surface area is 498 Å². The van der Waals surface area contributed by atoms with Crippen LogP contribution in [0.15, 0.2) is 148 Å². The summed E-state index contributed by atoms with van der Waals surface area (Å²) < 4.78 is 33.4. The molecular formula is C52H88B4N20O8. The maximum atomic E-state index is 8.98. The molecule has 8 heterocycles. The largest absolute Gasteiger partial charge is 0.881 e. The molecule has 8 aromatic heterocycles. The van der Waals surface area contributed by atoms with E-state index < -0.39 is 28.5 Å². The monoisotopic (exact) mass is 1160 g/mol. The van der Waals surface area contributed by atoms with E-state index in [-0.39, 0.29) is 0 Å². The van der Waals surface area contributed by atoms with Crippen LogP contribution >= 0.6 is 0 Å². The van der Waals surface area contributed by atoms with Gasteiger partial charge in [0, 0.05) is 77.0 Å². The average molecular weight is 1160 g/mol. The molecule has 0 saturated carbocycles. The molecule has 32 heteroatoms. The Morgan fingerprint density at radius 3 is 0.357 bits per heavy atom. The van der Waals surface area contributed by atoms with Crippen LogP contribution in [-0.2, 0) is 109 Å². The third kappa shape index (κ3) is 42.4. The molecule has 0 saturated heterocycles. The highest BCUT2D eigenvalue weighted by molar-refractivity contribution is 6.47. The minimum atomic E-state index is -2.31. The van der Waals surface area contributed by atoms with Gasteiger partial charge >= 0.3 is 0 Å². The van der Waals surface area contributed by atoms with Crippen LogP contribution in [-0.4, -0.2) is 65.9 Å². The molecule has 0 N–H and O–H groups in total. The summed E-state index contributed by atoms with van der Waals surface area (Å²) in [4.78, 5) is 0. The van der Waals surface area contributed by atoms with Crippen molar-refractivity contribution in [2.75, 3.05) is 0 Å². The first-order valence-corrected chi connectivity index (χ1v) is 26.8. The van der Waals surface area contributed by atoms with Crippen molar-refractivity contribution >= 4 is 28.5 Å². The zero-order chi connectivity index (χ0) is 65.0. The molecule has 0 fully saturated rings. The van der Waals surface area contributed by atoms with Crippen molar-refractivity contribution in [2.24, 2.45) is 56.4 Å². The summed E-state index contributed by atoms with van der Waals surface area (Å²) in [6.45, 7) is 25.4. The Kier molecular flexibility index (Phi) is 51.4. The van der Waals surface area contributed by atoms with Gasteiger partial charge < -0.3 is 40.2 Å². The predicted octanol–water partition coefficient (Wildman–Crippen LogP) is -8.31. The maximum Gasteiger partial charge on any atom is 0.195 e. The van der Waals surface area contributed by atoms with Crippen molar-refractivity contribution in [1.29, 1.82) is 21.0 Å². The van der Waals surface area contributed by atoms with E-state index in [9.17, 15) is 0 Å². The summed E-state index contributed by atoms with van der Waals surface area (Å²) in [5.74, 6) is 3.67. The summed E-state index contributed by atoms with van der Waals surface area (Å²) in [6.07, 6.45) is 32.7. The molecule has 28 nitrogen and oxygen atoms in total. The van der Waals surface area contributed by atoms with Gasteiger partial charge in [0.2, 0.25) is 0 Å². The van der Waals surface area contributed by atoms with Gasteiger partial charge in [0.25, 0.3) is 0 Å². The Hall–Kier alpha value is -8.42. The van der Waals surface area contributed by atoms with E-state index in [4.69, 9.17) is 61.2 Å². The number of nitrogens with zero attached hydrogens (tertiary/aromatic N) is 20. The van der Waals surface area contributed by atoms with E-state index in [1.165, 1.54) is 0 Å². The second kappa shape index (κ2) is 52.6. The summed E-state index contributed by atoms with van der Waals surface area (Å²) in [7, 11) is 7.01. The van der Waals surface area contributed by atoms with E-state index >= 15 is 0 Å². The quantitative estimate of drug-likeness (QED) is 0.101. The van der Waals surface area contributed by atoms with Gasteiger partial charge in [0.1, 0.15) is 0 Å². The Morgan fingerprint density at radius 2 is 0.333 bits per heavy atom. The van der Waals surface area contributed by atoms with Gasteiger partial charge in [-0.1, -0.05) is 0 Å². The first kappa shape index (κ1) is 82.0. The van der Waals surface area contributed by atoms with E-state index in [0.29, 0.717) is 0 Å². The van der Waals surface area contributed by atoms with Gasteiger partial charge in [-0.05, 0) is 79.3 Å². The number of rotatable bonds is 8. The van der Waals surface area contributed by atoms with Gasteiger partial charge in [0.15, 0.2) is 106 Å². The summed E-state index contributed by atoms with van der Waals surface area (Å²) in [5, 5.41) is 101. The maximum absolute atomic E-state index is 8.98. The van der Waals surface area contributed by atoms with Gasteiger partial charge in [-0.25, -0.2) is 21.0 Å². The summed E-state index contributed by atoms with van der Waals surface area (Å²) >= 11 is 0. The summed E-state index contributed by atoms with van der Waals surface area (Å²) in [6, 6.07) is 16.2. The summed E-state index contributed by atoms with van der Waals surface area (Å²) in [5.41, 5.74) is 0. The lowest BCUT2D eigenvalue weighted by atomic mass is 9.97. The predicted molar refractivity (Wildman–Crippen MR) is 296 cm³/mol. The van der Waals surface area contributed by atoms with Crippen molar-refractivity contribution in [3.8, 4) is 23.9 Å². The number of hydrogen-bond acceptors (Lipinski definition) is 12. The van der Waals surface area contributed by atoms with Gasteiger partial charge in [0.05, 0.1) is 102 Å². The fourth-order valence-electron chi connectivity index (χ4n) is 6.25. The fourth-order valence-corrected chi connectivity index (χ4v) is 6.25. The van der Waals surface area contributed by atoms with E-state index in [0.717, 1.165) is 76.2 Å². The lowest BCUT2D eigenvalue weighted by molar-refractivity contribution is -0.753. The molecule has 84 heavy (non-hydrogen) atoms. The highest BCUT2D eigenvalue weighted by atomic mass is 16.4. The van der Waals surface area contributed by atoms with Crippen molar-refractivity contribution in [3.05, 3.63) is 148 Å². The molecule has 0 aliphatic heterocycles. The normalized spacial score (nSPS) is 8.81. The molecule has 0 spiro atoms. The van der Waals surface area contributed by atoms with Crippen molar-refractivity contribution in [1.82, 2.24) is 37.5 Å². The second-order valence-electron chi connectivity index (χ2n) is 16.4. The number of aryl methyl sites for hydroxylation is 16. The van der Waals surface area contributed by atoms with E-state index in [2.05, 4.69) is 180 Å². The van der Waals surface area contributed by atoms with Crippen LogP contribution in [0.3, 0.4) is 0 Å². The molecule has 456 valence electrons. The lowest BCUT2D eigenvalue weighted by Crippen LogP contribution is -2.43. The second-order valence-corrected chi connectivity index (χ2v) is 16.4. The Bertz CT molecular complexity index is 2410. The molecule has 0 atom stereocenters. The zero-order valence-electron chi connectivity index (χ0n) is 52.0. The van der Waals surface area contributed by atoms with Gasteiger partial charge in [-0.15, -0.1) is 37.5 Å². The standard InChI is InChI=1S/8C6H11N2.4CBNO2/c8*1-3-8-6-4-5-7(8)2;4*3-1-2(4)5/h8*4-6H,3H2,1-2H3;;;;/q8*+1;4*-2. The van der Waals surface area contributed by atoms with Gasteiger partial charge in [-0.3, -0.25) is 0 Å². The molecule has 0 amide bonds. The van der Waals surface area contributed by atoms with Crippen LogP contribution in [0.5, 0.6) is 0 Å². The Morgan fingerprint density at radius 1 is 0.250 bits per heavy atom. The molecule has 0 radical (unpaired) electrons. The van der Waals surface area contributed by atoms with E-state index in [1.807, 2.05) is 154 Å². The molecular weight excluding hydrogens is 1080 g/mol. The average Bonchev–Trinajstić information content (AvgIpc) is 4.39. The Balaban J connectivity index is -0.000000418. The molecule has 0 bridgehead atoms. The highest BCUT2D eigenvalue weighted by Crippen LogP contribution is 1.82. The SMILES string of the molecule is CCn1ccc[n+]1C.CCn1ccc[n+]1C.CCn1ccc[n+]1C.CCn1ccc[n+]1C.CCn1ccc[n+]1C.CCn1ccc[n+]1C.CCn1ccc[n+]1C.CCn1ccc[n+]1C.N#CB([O-])[O-].N#CB([O-])[O-].N#CB([O-])[O-].N#CB([O-])[O-]. The molecule has 0 aliphatic carbocycles. The number of hydrogen-bond donors (Lipinski definition) is 0. The third-order valence-electron chi connectivity index (χ3n) is 10.7. The smallest absolute Gasteiger partial charge is 0.195 e. The van der Waals surface area contributed by atoms with Crippen LogP contribution in [0.2, 0.25) is 0 Å². The molecule has 8 rings (SSSR count). The highest BCUT2D eigenvalue weighted by Gasteiger charge is 1.99. The first-order chi connectivity index (χ1) is 39.8. The minimum absolute atomic E-state index is 0.917. The van der Waals surface area contributed by atoms with Crippen molar-refractivity contribution < 1.29 is 77.6 Å². The number of aromatic nitrogens is 16. The molecule has 0 unspecified atom stereocenters. The van der Waals surface area contributed by atoms with E-state index in [1.54, 1.807) is 0 Å². The molecule has 8 aromatic rings. The third-order valence-corrected chi connectivity index (χ3v) is 10.7. The molecule has 0 aliphatic rings. The minimum Gasteiger partial charge on any atom is -0.881 e. The van der Waals surface area contributed by atoms with Crippen LogP contribution in [0.25, 0.3) is 0 Å². The topological polar surface area (TPSA) is 350 Å². The van der Waals surface area contributed by atoms with Crippen LogP contribution < -0.4 is 77.6 Å².